The van der Waals surface area contributed by atoms with Gasteiger partial charge in [-0.05, 0) is 24.6 Å². The predicted molar refractivity (Wildman–Crippen MR) is 71.8 cm³/mol. The number of carbonyl (C=O) groups excluding carboxylic acids is 1. The Morgan fingerprint density at radius 3 is 2.82 bits per heavy atom. The molecular formula is C13H12F3N5O. The zero-order valence-corrected chi connectivity index (χ0v) is 11.5. The third kappa shape index (κ3) is 4.14. The van der Waals surface area contributed by atoms with E-state index in [0.717, 1.165) is 12.1 Å². The van der Waals surface area contributed by atoms with E-state index in [1.165, 1.54) is 36.4 Å². The minimum absolute atomic E-state index is 0.0840. The molecule has 0 atom stereocenters. The van der Waals surface area contributed by atoms with E-state index in [4.69, 9.17) is 0 Å². The largest absolute Gasteiger partial charge is 0.416 e. The molecule has 0 spiro atoms. The first kappa shape index (κ1) is 15.7. The third-order valence-corrected chi connectivity index (χ3v) is 2.73. The van der Waals surface area contributed by atoms with E-state index in [1.807, 2.05) is 0 Å². The minimum Gasteiger partial charge on any atom is -0.271 e. The zero-order valence-electron chi connectivity index (χ0n) is 11.5. The van der Waals surface area contributed by atoms with Gasteiger partial charge in [-0.15, -0.1) is 0 Å². The number of amides is 1. The fourth-order valence-corrected chi connectivity index (χ4v) is 1.63. The number of rotatable bonds is 4. The van der Waals surface area contributed by atoms with E-state index >= 15 is 0 Å². The lowest BCUT2D eigenvalue weighted by Crippen LogP contribution is -2.24. The van der Waals surface area contributed by atoms with E-state index in [2.05, 4.69) is 20.6 Å². The Morgan fingerprint density at radius 2 is 2.18 bits per heavy atom. The average molecular weight is 311 g/mol. The molecule has 2 rings (SSSR count). The van der Waals surface area contributed by atoms with Gasteiger partial charge in [-0.1, -0.05) is 12.1 Å². The number of nitrogens with zero attached hydrogens (tertiary/aromatic N) is 4. The first-order valence-electron chi connectivity index (χ1n) is 6.19. The second kappa shape index (κ2) is 6.37. The van der Waals surface area contributed by atoms with Gasteiger partial charge >= 0.3 is 6.18 Å². The summed E-state index contributed by atoms with van der Waals surface area (Å²) in [6.45, 7) is 1.42. The molecule has 0 saturated carbocycles. The van der Waals surface area contributed by atoms with Crippen LogP contribution in [0.1, 0.15) is 18.1 Å². The van der Waals surface area contributed by atoms with Crippen molar-refractivity contribution in [3.63, 3.8) is 0 Å². The van der Waals surface area contributed by atoms with E-state index in [-0.39, 0.29) is 17.8 Å². The number of carbonyl (C=O) groups is 1. The fraction of sp³-hybridized carbons (Fsp3) is 0.231. The Morgan fingerprint density at radius 1 is 1.41 bits per heavy atom. The number of halogens is 3. The molecule has 22 heavy (non-hydrogen) atoms. The number of benzene rings is 1. The van der Waals surface area contributed by atoms with Crippen LogP contribution in [-0.2, 0) is 17.5 Å². The highest BCUT2D eigenvalue weighted by Gasteiger charge is 2.30. The summed E-state index contributed by atoms with van der Waals surface area (Å²) in [5.41, 5.74) is 2.02. The molecule has 0 aliphatic carbocycles. The molecule has 0 fully saturated rings. The van der Waals surface area contributed by atoms with Crippen molar-refractivity contribution in [3.8, 4) is 0 Å². The number of hydrogen-bond acceptors (Lipinski definition) is 4. The molecule has 1 heterocycles. The summed E-state index contributed by atoms with van der Waals surface area (Å²) in [6.07, 6.45) is -1.78. The van der Waals surface area contributed by atoms with Crippen molar-refractivity contribution in [2.75, 3.05) is 0 Å². The molecule has 9 heteroatoms. The molecule has 0 saturated heterocycles. The SMILES string of the molecule is CC(=NNC(=O)Cn1cncn1)c1cccc(C(F)(F)F)c1. The summed E-state index contributed by atoms with van der Waals surface area (Å²) >= 11 is 0. The number of hydrogen-bond donors (Lipinski definition) is 1. The Kier molecular flexibility index (Phi) is 4.54. The third-order valence-electron chi connectivity index (χ3n) is 2.73. The summed E-state index contributed by atoms with van der Waals surface area (Å²) in [5.74, 6) is -0.461. The van der Waals surface area contributed by atoms with Crippen LogP contribution in [0.15, 0.2) is 42.0 Å². The maximum Gasteiger partial charge on any atom is 0.416 e. The maximum atomic E-state index is 12.6. The van der Waals surface area contributed by atoms with Gasteiger partial charge in [0.2, 0.25) is 0 Å². The highest BCUT2D eigenvalue weighted by Crippen LogP contribution is 2.29. The van der Waals surface area contributed by atoms with Gasteiger partial charge in [0.05, 0.1) is 11.3 Å². The Balaban J connectivity index is 2.04. The maximum absolute atomic E-state index is 12.6. The monoisotopic (exact) mass is 311 g/mol. The first-order chi connectivity index (χ1) is 10.4. The molecule has 1 amide bonds. The molecule has 1 N–H and O–H groups in total. The smallest absolute Gasteiger partial charge is 0.271 e. The minimum atomic E-state index is -4.42. The van der Waals surface area contributed by atoms with Crippen LogP contribution < -0.4 is 5.43 Å². The molecule has 1 aromatic carbocycles. The van der Waals surface area contributed by atoms with Crippen molar-refractivity contribution in [2.24, 2.45) is 5.10 Å². The molecule has 6 nitrogen and oxygen atoms in total. The number of aromatic nitrogens is 3. The quantitative estimate of drug-likeness (QED) is 0.692. The van der Waals surface area contributed by atoms with Crippen molar-refractivity contribution in [3.05, 3.63) is 48.0 Å². The van der Waals surface area contributed by atoms with Gasteiger partial charge < -0.3 is 0 Å². The lowest BCUT2D eigenvalue weighted by atomic mass is 10.1. The normalized spacial score (nSPS) is 12.3. The van der Waals surface area contributed by atoms with E-state index in [0.29, 0.717) is 0 Å². The van der Waals surface area contributed by atoms with Crippen LogP contribution in [0.25, 0.3) is 0 Å². The van der Waals surface area contributed by atoms with Gasteiger partial charge in [0, 0.05) is 0 Å². The summed E-state index contributed by atoms with van der Waals surface area (Å²) < 4.78 is 39.2. The van der Waals surface area contributed by atoms with Gasteiger partial charge in [-0.25, -0.2) is 15.1 Å². The molecule has 0 aliphatic rings. The summed E-state index contributed by atoms with van der Waals surface area (Å²) in [6, 6.07) is 4.72. The second-order valence-corrected chi connectivity index (χ2v) is 4.40. The summed E-state index contributed by atoms with van der Waals surface area (Å²) in [7, 11) is 0. The number of hydrazone groups is 1. The highest BCUT2D eigenvalue weighted by molar-refractivity contribution is 5.99. The standard InChI is InChI=1S/C13H12F3N5O/c1-9(10-3-2-4-11(5-10)13(14,15)16)19-20-12(22)6-21-8-17-7-18-21/h2-5,7-8H,6H2,1H3,(H,20,22). The van der Waals surface area contributed by atoms with Crippen molar-refractivity contribution in [2.45, 2.75) is 19.6 Å². The second-order valence-electron chi connectivity index (χ2n) is 4.40. The van der Waals surface area contributed by atoms with E-state index in [1.54, 1.807) is 0 Å². The van der Waals surface area contributed by atoms with Crippen LogP contribution in [0.2, 0.25) is 0 Å². The predicted octanol–water partition coefficient (Wildman–Crippen LogP) is 1.84. The Bertz CT molecular complexity index is 679. The Labute approximate surface area is 123 Å². The van der Waals surface area contributed by atoms with Crippen molar-refractivity contribution < 1.29 is 18.0 Å². The average Bonchev–Trinajstić information content (AvgIpc) is 2.97. The molecule has 0 bridgehead atoms. The van der Waals surface area contributed by atoms with E-state index < -0.39 is 17.6 Å². The summed E-state index contributed by atoms with van der Waals surface area (Å²) in [4.78, 5) is 15.3. The molecule has 0 radical (unpaired) electrons. The van der Waals surface area contributed by atoms with Crippen molar-refractivity contribution in [1.29, 1.82) is 0 Å². The molecular weight excluding hydrogens is 299 g/mol. The molecule has 116 valence electrons. The lowest BCUT2D eigenvalue weighted by Gasteiger charge is -2.08. The van der Waals surface area contributed by atoms with Crippen LogP contribution >= 0.6 is 0 Å². The molecule has 0 unspecified atom stereocenters. The van der Waals surface area contributed by atoms with Gasteiger partial charge in [0.15, 0.2) is 0 Å². The lowest BCUT2D eigenvalue weighted by molar-refractivity contribution is -0.137. The fourth-order valence-electron chi connectivity index (χ4n) is 1.63. The van der Waals surface area contributed by atoms with Crippen LogP contribution in [0.3, 0.4) is 0 Å². The topological polar surface area (TPSA) is 72.2 Å². The van der Waals surface area contributed by atoms with Crippen LogP contribution in [0, 0.1) is 0 Å². The highest BCUT2D eigenvalue weighted by atomic mass is 19.4. The van der Waals surface area contributed by atoms with Crippen LogP contribution in [0.4, 0.5) is 13.2 Å². The Hall–Kier alpha value is -2.71. The first-order valence-corrected chi connectivity index (χ1v) is 6.19. The van der Waals surface area contributed by atoms with Crippen molar-refractivity contribution >= 4 is 11.6 Å². The molecule has 2 aromatic rings. The number of nitrogens with one attached hydrogen (secondary N) is 1. The summed E-state index contributed by atoms with van der Waals surface area (Å²) in [5, 5.41) is 7.54. The van der Waals surface area contributed by atoms with Gasteiger partial charge in [-0.2, -0.15) is 23.4 Å². The van der Waals surface area contributed by atoms with Crippen LogP contribution in [0.5, 0.6) is 0 Å². The van der Waals surface area contributed by atoms with Gasteiger partial charge in [0.25, 0.3) is 5.91 Å². The number of alkyl halides is 3. The van der Waals surface area contributed by atoms with Crippen LogP contribution in [-0.4, -0.2) is 26.4 Å². The van der Waals surface area contributed by atoms with E-state index in [9.17, 15) is 18.0 Å². The molecule has 0 aliphatic heterocycles. The van der Waals surface area contributed by atoms with Gasteiger partial charge in [-0.3, -0.25) is 4.79 Å². The van der Waals surface area contributed by atoms with Crippen molar-refractivity contribution in [1.82, 2.24) is 20.2 Å². The zero-order chi connectivity index (χ0) is 16.2. The molecule has 1 aromatic heterocycles. The van der Waals surface area contributed by atoms with Gasteiger partial charge in [0.1, 0.15) is 19.2 Å².